The fourth-order valence-corrected chi connectivity index (χ4v) is 3.13. The van der Waals surface area contributed by atoms with E-state index in [1.54, 1.807) is 19.1 Å². The van der Waals surface area contributed by atoms with Gasteiger partial charge < -0.3 is 15.2 Å². The predicted octanol–water partition coefficient (Wildman–Crippen LogP) is 3.01. The normalized spacial score (nSPS) is 10.5. The molecule has 29 heavy (non-hydrogen) atoms. The number of terminal acetylenes is 1. The molecule has 0 aliphatic heterocycles. The summed E-state index contributed by atoms with van der Waals surface area (Å²) in [6, 6.07) is 13.0. The number of hydrogen-bond acceptors (Lipinski definition) is 4. The predicted molar refractivity (Wildman–Crippen MR) is 116 cm³/mol. The summed E-state index contributed by atoms with van der Waals surface area (Å²) in [6.07, 6.45) is 6.46. The van der Waals surface area contributed by atoms with Crippen LogP contribution in [0.5, 0.6) is 0 Å². The summed E-state index contributed by atoms with van der Waals surface area (Å²) in [5, 5.41) is 3.42. The number of carbonyl (C=O) groups is 1. The fraction of sp³-hybridized carbons (Fsp3) is 0.261. The van der Waals surface area contributed by atoms with E-state index < -0.39 is 0 Å². The fourth-order valence-electron chi connectivity index (χ4n) is 3.13. The molecule has 2 aromatic carbocycles. The number of nitrogens with one attached hydrogen (secondary N) is 2. The van der Waals surface area contributed by atoms with Gasteiger partial charge in [0.25, 0.3) is 11.5 Å². The van der Waals surface area contributed by atoms with Crippen molar-refractivity contribution in [3.8, 4) is 12.3 Å². The Bertz CT molecular complexity index is 1110. The highest BCUT2D eigenvalue weighted by atomic mass is 16.1. The van der Waals surface area contributed by atoms with E-state index in [1.165, 1.54) is 0 Å². The third-order valence-corrected chi connectivity index (χ3v) is 4.57. The third-order valence-electron chi connectivity index (χ3n) is 4.57. The van der Waals surface area contributed by atoms with Crippen LogP contribution in [0.1, 0.15) is 35.1 Å². The Labute approximate surface area is 170 Å². The molecule has 0 saturated carbocycles. The first kappa shape index (κ1) is 20.2. The van der Waals surface area contributed by atoms with E-state index in [0.717, 1.165) is 17.7 Å². The van der Waals surface area contributed by atoms with E-state index in [4.69, 9.17) is 6.42 Å². The number of fused-ring (bicyclic) bond motifs is 1. The smallest absolute Gasteiger partial charge is 0.258 e. The zero-order valence-corrected chi connectivity index (χ0v) is 16.7. The van der Waals surface area contributed by atoms with Gasteiger partial charge in [-0.25, -0.2) is 4.98 Å². The maximum atomic E-state index is 12.2. The number of H-pyrrole nitrogens is 1. The lowest BCUT2D eigenvalue weighted by molar-refractivity contribution is 0.0953. The maximum absolute atomic E-state index is 12.2. The zero-order chi connectivity index (χ0) is 20.8. The van der Waals surface area contributed by atoms with Crippen LogP contribution in [0, 0.1) is 19.3 Å². The highest BCUT2D eigenvalue weighted by Crippen LogP contribution is 2.19. The average molecular weight is 388 g/mol. The molecule has 0 fully saturated rings. The van der Waals surface area contributed by atoms with E-state index in [1.807, 2.05) is 42.2 Å². The molecule has 0 atom stereocenters. The highest BCUT2D eigenvalue weighted by Gasteiger charge is 2.10. The number of anilines is 1. The Morgan fingerprint density at radius 1 is 1.24 bits per heavy atom. The van der Waals surface area contributed by atoms with Crippen LogP contribution in [-0.2, 0) is 6.54 Å². The summed E-state index contributed by atoms with van der Waals surface area (Å²) in [4.78, 5) is 33.4. The molecule has 0 saturated heterocycles. The van der Waals surface area contributed by atoms with E-state index in [9.17, 15) is 9.59 Å². The van der Waals surface area contributed by atoms with Crippen LogP contribution in [0.25, 0.3) is 10.9 Å². The Hall–Kier alpha value is -3.59. The first-order valence-electron chi connectivity index (χ1n) is 9.58. The van der Waals surface area contributed by atoms with Crippen molar-refractivity contribution in [2.75, 3.05) is 18.0 Å². The molecule has 148 valence electrons. The van der Waals surface area contributed by atoms with E-state index in [-0.39, 0.29) is 11.5 Å². The van der Waals surface area contributed by atoms with Gasteiger partial charge in [-0.2, -0.15) is 0 Å². The number of hydrogen-bond donors (Lipinski definition) is 2. The van der Waals surface area contributed by atoms with Gasteiger partial charge in [-0.05, 0) is 55.3 Å². The number of amides is 1. The topological polar surface area (TPSA) is 78.1 Å². The first-order chi connectivity index (χ1) is 14.0. The van der Waals surface area contributed by atoms with Gasteiger partial charge >= 0.3 is 0 Å². The number of benzene rings is 2. The van der Waals surface area contributed by atoms with Gasteiger partial charge in [-0.15, -0.1) is 6.42 Å². The number of aromatic amines is 1. The molecule has 0 aliphatic rings. The van der Waals surface area contributed by atoms with E-state index >= 15 is 0 Å². The van der Waals surface area contributed by atoms with E-state index in [0.29, 0.717) is 41.9 Å². The third kappa shape index (κ3) is 4.82. The molecule has 2 N–H and O–H groups in total. The lowest BCUT2D eigenvalue weighted by atomic mass is 10.1. The number of aromatic nitrogens is 2. The minimum absolute atomic E-state index is 0.0848. The standard InChI is InChI=1S/C23H24N4O2/c1-4-12-24-22(28)18-7-9-19(10-8-18)27(13-5-2)15-17-6-11-21-20(14-17)23(29)26-16(3)25-21/h2,6-11,14H,4,12-13,15H2,1,3H3,(H,24,28)(H,25,26,29). The average Bonchev–Trinajstić information content (AvgIpc) is 2.72. The molecular formula is C23H24N4O2. The van der Waals surface area contributed by atoms with Crippen molar-refractivity contribution >= 4 is 22.5 Å². The molecule has 1 heterocycles. The molecule has 3 rings (SSSR count). The van der Waals surface area contributed by atoms with Crippen LogP contribution >= 0.6 is 0 Å². The van der Waals surface area contributed by atoms with Crippen molar-refractivity contribution < 1.29 is 4.79 Å². The molecule has 1 amide bonds. The summed E-state index contributed by atoms with van der Waals surface area (Å²) >= 11 is 0. The summed E-state index contributed by atoms with van der Waals surface area (Å²) in [5.74, 6) is 3.18. The SMILES string of the molecule is C#CCN(Cc1ccc2nc(C)[nH]c(=O)c2c1)c1ccc(C(=O)NCCC)cc1. The Kier molecular flexibility index (Phi) is 6.30. The second-order valence-electron chi connectivity index (χ2n) is 6.87. The molecule has 0 radical (unpaired) electrons. The van der Waals surface area contributed by atoms with Gasteiger partial charge in [0.05, 0.1) is 17.4 Å². The molecule has 0 unspecified atom stereocenters. The second kappa shape index (κ2) is 9.07. The molecule has 6 nitrogen and oxygen atoms in total. The minimum Gasteiger partial charge on any atom is -0.356 e. The molecular weight excluding hydrogens is 364 g/mol. The van der Waals surface area contributed by atoms with Crippen LogP contribution < -0.4 is 15.8 Å². The maximum Gasteiger partial charge on any atom is 0.258 e. The molecule has 0 spiro atoms. The monoisotopic (exact) mass is 388 g/mol. The number of nitrogens with zero attached hydrogens (tertiary/aromatic N) is 2. The van der Waals surface area contributed by atoms with Crippen LogP contribution in [0.4, 0.5) is 5.69 Å². The van der Waals surface area contributed by atoms with Crippen molar-refractivity contribution in [3.63, 3.8) is 0 Å². The van der Waals surface area contributed by atoms with Gasteiger partial charge in [-0.1, -0.05) is 18.9 Å². The van der Waals surface area contributed by atoms with Crippen molar-refractivity contribution in [1.82, 2.24) is 15.3 Å². The Morgan fingerprint density at radius 3 is 2.69 bits per heavy atom. The minimum atomic E-state index is -0.153. The zero-order valence-electron chi connectivity index (χ0n) is 16.7. The van der Waals surface area contributed by atoms with Gasteiger partial charge in [0.2, 0.25) is 0 Å². The van der Waals surface area contributed by atoms with Crippen LogP contribution in [0.3, 0.4) is 0 Å². The lowest BCUT2D eigenvalue weighted by Crippen LogP contribution is -2.25. The number of carbonyl (C=O) groups excluding carboxylic acids is 1. The largest absolute Gasteiger partial charge is 0.356 e. The molecule has 0 bridgehead atoms. The Balaban J connectivity index is 1.83. The molecule has 1 aromatic heterocycles. The lowest BCUT2D eigenvalue weighted by Gasteiger charge is -2.23. The Morgan fingerprint density at radius 2 is 2.00 bits per heavy atom. The summed E-state index contributed by atoms with van der Waals surface area (Å²) in [6.45, 7) is 5.37. The molecule has 3 aromatic rings. The summed E-state index contributed by atoms with van der Waals surface area (Å²) in [5.41, 5.74) is 2.99. The summed E-state index contributed by atoms with van der Waals surface area (Å²) in [7, 11) is 0. The number of aryl methyl sites for hydroxylation is 1. The van der Waals surface area contributed by atoms with Crippen LogP contribution in [0.15, 0.2) is 47.3 Å². The van der Waals surface area contributed by atoms with Gasteiger partial charge in [-0.3, -0.25) is 9.59 Å². The highest BCUT2D eigenvalue weighted by molar-refractivity contribution is 5.94. The quantitative estimate of drug-likeness (QED) is 0.610. The van der Waals surface area contributed by atoms with Gasteiger partial charge in [0.1, 0.15) is 5.82 Å². The number of rotatable bonds is 7. The van der Waals surface area contributed by atoms with Crippen LogP contribution in [0.2, 0.25) is 0 Å². The molecule has 0 aliphatic carbocycles. The van der Waals surface area contributed by atoms with Crippen LogP contribution in [-0.4, -0.2) is 29.0 Å². The summed E-state index contributed by atoms with van der Waals surface area (Å²) < 4.78 is 0. The van der Waals surface area contributed by atoms with Gasteiger partial charge in [0.15, 0.2) is 0 Å². The first-order valence-corrected chi connectivity index (χ1v) is 9.58. The van der Waals surface area contributed by atoms with Crippen molar-refractivity contribution in [3.05, 3.63) is 69.8 Å². The molecule has 6 heteroatoms. The van der Waals surface area contributed by atoms with Crippen molar-refractivity contribution in [1.29, 1.82) is 0 Å². The van der Waals surface area contributed by atoms with Crippen molar-refractivity contribution in [2.45, 2.75) is 26.8 Å². The van der Waals surface area contributed by atoms with Crippen molar-refractivity contribution in [2.24, 2.45) is 0 Å². The second-order valence-corrected chi connectivity index (χ2v) is 6.87. The van der Waals surface area contributed by atoms with Gasteiger partial charge in [0, 0.05) is 24.3 Å². The van der Waals surface area contributed by atoms with E-state index in [2.05, 4.69) is 21.2 Å².